The first-order chi connectivity index (χ1) is 13.0. The van der Waals surface area contributed by atoms with E-state index in [-0.39, 0.29) is 23.9 Å². The zero-order chi connectivity index (χ0) is 19.8. The van der Waals surface area contributed by atoms with Crippen LogP contribution in [0.3, 0.4) is 0 Å². The van der Waals surface area contributed by atoms with Gasteiger partial charge in [0.25, 0.3) is 5.91 Å². The van der Waals surface area contributed by atoms with Crippen molar-refractivity contribution in [3.63, 3.8) is 0 Å². The van der Waals surface area contributed by atoms with E-state index in [1.54, 1.807) is 31.4 Å². The van der Waals surface area contributed by atoms with Crippen molar-refractivity contribution >= 4 is 34.0 Å². The standard InChI is InChI=1S/C20H21BrN2O4/c1-23(20(26)17-6-4-3-5-15(17)13-24)12-19(25)22-10-9-14-11-16(27-2)7-8-18(14)21/h3-8,11,13H,9-10,12H2,1-2H3,(H,22,25). The lowest BCUT2D eigenvalue weighted by Crippen LogP contribution is -2.39. The molecule has 1 N–H and O–H groups in total. The average molecular weight is 433 g/mol. The number of aldehydes is 1. The fourth-order valence-corrected chi connectivity index (χ4v) is 2.99. The van der Waals surface area contributed by atoms with Crippen LogP contribution in [-0.2, 0) is 11.2 Å². The van der Waals surface area contributed by atoms with Crippen LogP contribution in [-0.4, -0.2) is 50.2 Å². The van der Waals surface area contributed by atoms with Crippen LogP contribution in [0.1, 0.15) is 26.3 Å². The summed E-state index contributed by atoms with van der Waals surface area (Å²) in [4.78, 5) is 36.9. The second-order valence-corrected chi connectivity index (χ2v) is 6.78. The fourth-order valence-electron chi connectivity index (χ4n) is 2.55. The number of benzene rings is 2. The minimum Gasteiger partial charge on any atom is -0.497 e. The number of hydrogen-bond donors (Lipinski definition) is 1. The maximum Gasteiger partial charge on any atom is 0.254 e. The number of halogens is 1. The third kappa shape index (κ3) is 5.65. The lowest BCUT2D eigenvalue weighted by Gasteiger charge is -2.18. The van der Waals surface area contributed by atoms with Crippen molar-refractivity contribution in [2.75, 3.05) is 27.2 Å². The Hall–Kier alpha value is -2.67. The van der Waals surface area contributed by atoms with E-state index in [0.29, 0.717) is 24.8 Å². The van der Waals surface area contributed by atoms with E-state index >= 15 is 0 Å². The highest BCUT2D eigenvalue weighted by molar-refractivity contribution is 9.10. The number of carbonyl (C=O) groups is 3. The minimum atomic E-state index is -0.372. The molecule has 0 fully saturated rings. The summed E-state index contributed by atoms with van der Waals surface area (Å²) in [6.07, 6.45) is 1.25. The van der Waals surface area contributed by atoms with Crippen LogP contribution in [0.25, 0.3) is 0 Å². The summed E-state index contributed by atoms with van der Waals surface area (Å²) >= 11 is 3.48. The van der Waals surface area contributed by atoms with Crippen molar-refractivity contribution in [3.8, 4) is 5.75 Å². The minimum absolute atomic E-state index is 0.0920. The second kappa shape index (κ2) is 9.87. The molecule has 142 valence electrons. The molecule has 0 saturated heterocycles. The molecule has 2 amide bonds. The predicted octanol–water partition coefficient (Wildman–Crippen LogP) is 2.70. The monoisotopic (exact) mass is 432 g/mol. The van der Waals surface area contributed by atoms with Gasteiger partial charge in [0, 0.05) is 23.6 Å². The summed E-state index contributed by atoms with van der Waals surface area (Å²) in [5.74, 6) is 0.107. The highest BCUT2D eigenvalue weighted by Gasteiger charge is 2.17. The molecule has 2 rings (SSSR count). The quantitative estimate of drug-likeness (QED) is 0.650. The van der Waals surface area contributed by atoms with Gasteiger partial charge in [-0.15, -0.1) is 0 Å². The number of carbonyl (C=O) groups excluding carboxylic acids is 3. The lowest BCUT2D eigenvalue weighted by molar-refractivity contribution is -0.121. The SMILES string of the molecule is COc1ccc(Br)c(CCNC(=O)CN(C)C(=O)c2ccccc2C=O)c1. The van der Waals surface area contributed by atoms with Gasteiger partial charge in [0.05, 0.1) is 19.2 Å². The first-order valence-electron chi connectivity index (χ1n) is 8.35. The van der Waals surface area contributed by atoms with Gasteiger partial charge in [0.1, 0.15) is 5.75 Å². The maximum atomic E-state index is 12.4. The van der Waals surface area contributed by atoms with E-state index < -0.39 is 0 Å². The van der Waals surface area contributed by atoms with Crippen molar-refractivity contribution in [1.29, 1.82) is 0 Å². The Kier molecular flexibility index (Phi) is 7.55. The molecule has 0 unspecified atom stereocenters. The molecular formula is C20H21BrN2O4. The van der Waals surface area contributed by atoms with Gasteiger partial charge in [-0.25, -0.2) is 0 Å². The smallest absolute Gasteiger partial charge is 0.254 e. The average Bonchev–Trinajstić information content (AvgIpc) is 2.68. The van der Waals surface area contributed by atoms with Crippen molar-refractivity contribution < 1.29 is 19.1 Å². The molecule has 2 aromatic rings. The summed E-state index contributed by atoms with van der Waals surface area (Å²) in [6, 6.07) is 12.2. The summed E-state index contributed by atoms with van der Waals surface area (Å²) in [5.41, 5.74) is 1.60. The number of hydrogen-bond acceptors (Lipinski definition) is 4. The Morgan fingerprint density at radius 2 is 1.96 bits per heavy atom. The van der Waals surface area contributed by atoms with Gasteiger partial charge in [-0.3, -0.25) is 14.4 Å². The summed E-state index contributed by atoms with van der Waals surface area (Å²) < 4.78 is 6.14. The Bertz CT molecular complexity index is 838. The number of nitrogens with one attached hydrogen (secondary N) is 1. The van der Waals surface area contributed by atoms with Gasteiger partial charge >= 0.3 is 0 Å². The van der Waals surface area contributed by atoms with Crippen molar-refractivity contribution in [2.24, 2.45) is 0 Å². The van der Waals surface area contributed by atoms with Gasteiger partial charge in [0.2, 0.25) is 5.91 Å². The summed E-state index contributed by atoms with van der Waals surface area (Å²) in [6.45, 7) is 0.336. The van der Waals surface area contributed by atoms with Crippen molar-refractivity contribution in [2.45, 2.75) is 6.42 Å². The highest BCUT2D eigenvalue weighted by Crippen LogP contribution is 2.22. The number of nitrogens with zero attached hydrogens (tertiary/aromatic N) is 1. The Balaban J connectivity index is 1.88. The predicted molar refractivity (Wildman–Crippen MR) is 106 cm³/mol. The molecule has 0 radical (unpaired) electrons. The number of amides is 2. The van der Waals surface area contributed by atoms with Crippen LogP contribution >= 0.6 is 15.9 Å². The third-order valence-electron chi connectivity index (χ3n) is 4.02. The highest BCUT2D eigenvalue weighted by atomic mass is 79.9. The molecule has 6 nitrogen and oxygen atoms in total. The van der Waals surface area contributed by atoms with Crippen LogP contribution in [0.4, 0.5) is 0 Å². The number of ether oxygens (including phenoxy) is 1. The van der Waals surface area contributed by atoms with Crippen LogP contribution in [0.15, 0.2) is 46.9 Å². The molecule has 0 saturated carbocycles. The number of rotatable bonds is 8. The van der Waals surface area contributed by atoms with Gasteiger partial charge in [-0.1, -0.05) is 34.1 Å². The molecule has 0 bridgehead atoms. The van der Waals surface area contributed by atoms with E-state index in [0.717, 1.165) is 15.8 Å². The fraction of sp³-hybridized carbons (Fsp3) is 0.250. The van der Waals surface area contributed by atoms with Crippen molar-refractivity contribution in [3.05, 3.63) is 63.6 Å². The largest absolute Gasteiger partial charge is 0.497 e. The zero-order valence-corrected chi connectivity index (χ0v) is 16.8. The molecule has 0 aliphatic heterocycles. The maximum absolute atomic E-state index is 12.4. The lowest BCUT2D eigenvalue weighted by atomic mass is 10.1. The zero-order valence-electron chi connectivity index (χ0n) is 15.2. The molecule has 7 heteroatoms. The molecule has 0 atom stereocenters. The van der Waals surface area contributed by atoms with Crippen LogP contribution in [0.5, 0.6) is 5.75 Å². The van der Waals surface area contributed by atoms with E-state index in [1.807, 2.05) is 18.2 Å². The first kappa shape index (κ1) is 20.6. The molecule has 0 aromatic heterocycles. The van der Waals surface area contributed by atoms with Crippen LogP contribution < -0.4 is 10.1 Å². The third-order valence-corrected chi connectivity index (χ3v) is 4.79. The van der Waals surface area contributed by atoms with E-state index in [1.165, 1.54) is 11.9 Å². The van der Waals surface area contributed by atoms with Crippen LogP contribution in [0, 0.1) is 0 Å². The molecule has 0 spiro atoms. The molecule has 0 heterocycles. The van der Waals surface area contributed by atoms with E-state index in [4.69, 9.17) is 4.74 Å². The molecule has 2 aromatic carbocycles. The number of methoxy groups -OCH3 is 1. The van der Waals surface area contributed by atoms with Crippen molar-refractivity contribution in [1.82, 2.24) is 10.2 Å². The van der Waals surface area contributed by atoms with Crippen LogP contribution in [0.2, 0.25) is 0 Å². The molecule has 27 heavy (non-hydrogen) atoms. The Labute approximate surface area is 166 Å². The molecule has 0 aliphatic rings. The summed E-state index contributed by atoms with van der Waals surface area (Å²) in [7, 11) is 3.13. The number of likely N-dealkylation sites (N-methyl/N-ethyl adjacent to an activating group) is 1. The topological polar surface area (TPSA) is 75.7 Å². The molecular weight excluding hydrogens is 412 g/mol. The normalized spacial score (nSPS) is 10.2. The second-order valence-electron chi connectivity index (χ2n) is 5.92. The van der Waals surface area contributed by atoms with Gasteiger partial charge in [0.15, 0.2) is 6.29 Å². The Morgan fingerprint density at radius 1 is 1.22 bits per heavy atom. The van der Waals surface area contributed by atoms with E-state index in [9.17, 15) is 14.4 Å². The van der Waals surface area contributed by atoms with Gasteiger partial charge in [-0.05, 0) is 36.2 Å². The Morgan fingerprint density at radius 3 is 2.67 bits per heavy atom. The molecule has 0 aliphatic carbocycles. The first-order valence-corrected chi connectivity index (χ1v) is 9.14. The van der Waals surface area contributed by atoms with E-state index in [2.05, 4.69) is 21.2 Å². The summed E-state index contributed by atoms with van der Waals surface area (Å²) in [5, 5.41) is 2.80. The van der Waals surface area contributed by atoms with Gasteiger partial charge < -0.3 is 15.0 Å². The van der Waals surface area contributed by atoms with Gasteiger partial charge in [-0.2, -0.15) is 0 Å².